The number of nitrogens with zero attached hydrogens (tertiary/aromatic N) is 5. The second-order valence-electron chi connectivity index (χ2n) is 7.14. The summed E-state index contributed by atoms with van der Waals surface area (Å²) < 4.78 is 5.22. The number of rotatable bonds is 3. The average molecular weight is 353 g/mol. The van der Waals surface area contributed by atoms with E-state index < -0.39 is 0 Å². The zero-order chi connectivity index (χ0) is 18.0. The Labute approximate surface area is 153 Å². The van der Waals surface area contributed by atoms with E-state index in [1.54, 1.807) is 25.7 Å². The standard InChI is InChI=1S/C19H23N5O2/c1-26-17-11-16(21-14-22-17)23-9-4-6-19(12-23)7-10-24(13-19)18(25)15-5-2-3-8-20-15/h2-3,5,8,11,14H,4,6-7,9-10,12-13H2,1H3/t19-/m0/s1. The van der Waals surface area contributed by atoms with Crippen molar-refractivity contribution in [3.05, 3.63) is 42.5 Å². The maximum atomic E-state index is 12.7. The van der Waals surface area contributed by atoms with Crippen LogP contribution in [0.25, 0.3) is 0 Å². The lowest BCUT2D eigenvalue weighted by Gasteiger charge is -2.40. The molecule has 1 atom stereocenters. The predicted octanol–water partition coefficient (Wildman–Crippen LogP) is 2.01. The number of likely N-dealkylation sites (tertiary alicyclic amines) is 1. The fourth-order valence-corrected chi connectivity index (χ4v) is 4.11. The molecule has 2 aromatic rings. The summed E-state index contributed by atoms with van der Waals surface area (Å²) in [6.07, 6.45) is 6.46. The lowest BCUT2D eigenvalue weighted by molar-refractivity contribution is 0.0761. The van der Waals surface area contributed by atoms with Gasteiger partial charge in [-0.2, -0.15) is 0 Å². The zero-order valence-electron chi connectivity index (χ0n) is 15.0. The van der Waals surface area contributed by atoms with E-state index in [4.69, 9.17) is 4.74 Å². The highest BCUT2D eigenvalue weighted by molar-refractivity contribution is 5.92. The number of anilines is 1. The van der Waals surface area contributed by atoms with Gasteiger partial charge in [-0.15, -0.1) is 0 Å². The van der Waals surface area contributed by atoms with E-state index in [2.05, 4.69) is 19.9 Å². The van der Waals surface area contributed by atoms with E-state index in [1.165, 1.54) is 0 Å². The lowest BCUT2D eigenvalue weighted by atomic mass is 9.79. The van der Waals surface area contributed by atoms with Crippen molar-refractivity contribution in [2.75, 3.05) is 38.2 Å². The van der Waals surface area contributed by atoms with Gasteiger partial charge in [0.25, 0.3) is 5.91 Å². The van der Waals surface area contributed by atoms with Gasteiger partial charge in [-0.05, 0) is 31.4 Å². The Morgan fingerprint density at radius 3 is 2.88 bits per heavy atom. The Balaban J connectivity index is 1.48. The fourth-order valence-electron chi connectivity index (χ4n) is 4.11. The maximum Gasteiger partial charge on any atom is 0.272 e. The first-order chi connectivity index (χ1) is 12.7. The maximum absolute atomic E-state index is 12.7. The minimum absolute atomic E-state index is 0.0308. The molecule has 4 heterocycles. The molecule has 0 radical (unpaired) electrons. The smallest absolute Gasteiger partial charge is 0.272 e. The number of pyridine rings is 1. The number of piperidine rings is 1. The van der Waals surface area contributed by atoms with Crippen LogP contribution < -0.4 is 9.64 Å². The molecule has 1 amide bonds. The van der Waals surface area contributed by atoms with Crippen molar-refractivity contribution in [3.8, 4) is 5.88 Å². The van der Waals surface area contributed by atoms with Crippen LogP contribution in [-0.2, 0) is 0 Å². The third-order valence-corrected chi connectivity index (χ3v) is 5.43. The second kappa shape index (κ2) is 6.90. The molecule has 2 fully saturated rings. The summed E-state index contributed by atoms with van der Waals surface area (Å²) in [5.41, 5.74) is 0.652. The topological polar surface area (TPSA) is 71.5 Å². The molecular formula is C19H23N5O2. The Bertz CT molecular complexity index is 785. The minimum atomic E-state index is 0.0308. The van der Waals surface area contributed by atoms with Crippen LogP contribution in [0.1, 0.15) is 29.8 Å². The third kappa shape index (κ3) is 3.21. The summed E-state index contributed by atoms with van der Waals surface area (Å²) in [6.45, 7) is 3.44. The third-order valence-electron chi connectivity index (χ3n) is 5.43. The van der Waals surface area contributed by atoms with Crippen LogP contribution in [-0.4, -0.2) is 59.0 Å². The summed E-state index contributed by atoms with van der Waals surface area (Å²) in [5, 5.41) is 0. The molecule has 0 bridgehead atoms. The number of carbonyl (C=O) groups excluding carboxylic acids is 1. The second-order valence-corrected chi connectivity index (χ2v) is 7.14. The van der Waals surface area contributed by atoms with Gasteiger partial charge in [0.1, 0.15) is 17.8 Å². The molecule has 4 rings (SSSR count). The van der Waals surface area contributed by atoms with Gasteiger partial charge in [0.15, 0.2) is 0 Å². The van der Waals surface area contributed by atoms with Crippen LogP contribution >= 0.6 is 0 Å². The van der Waals surface area contributed by atoms with E-state index >= 15 is 0 Å². The fraction of sp³-hybridized carbons (Fsp3) is 0.474. The van der Waals surface area contributed by atoms with Gasteiger partial charge in [-0.1, -0.05) is 6.07 Å². The number of ether oxygens (including phenoxy) is 1. The van der Waals surface area contributed by atoms with Gasteiger partial charge < -0.3 is 14.5 Å². The number of methoxy groups -OCH3 is 1. The van der Waals surface area contributed by atoms with E-state index in [0.29, 0.717) is 11.6 Å². The Morgan fingerprint density at radius 2 is 2.08 bits per heavy atom. The summed E-state index contributed by atoms with van der Waals surface area (Å²) in [5.74, 6) is 1.50. The number of hydrogen-bond donors (Lipinski definition) is 0. The summed E-state index contributed by atoms with van der Waals surface area (Å²) in [7, 11) is 1.61. The lowest BCUT2D eigenvalue weighted by Crippen LogP contribution is -2.45. The molecule has 136 valence electrons. The molecule has 0 saturated carbocycles. The molecule has 0 aromatic carbocycles. The van der Waals surface area contributed by atoms with Gasteiger partial charge in [-0.3, -0.25) is 9.78 Å². The van der Waals surface area contributed by atoms with Crippen molar-refractivity contribution < 1.29 is 9.53 Å². The SMILES string of the molecule is COc1cc(N2CCC[C@]3(CCN(C(=O)c4ccccn4)C3)C2)ncn1. The molecule has 2 saturated heterocycles. The normalized spacial score (nSPS) is 22.7. The molecule has 2 aromatic heterocycles. The highest BCUT2D eigenvalue weighted by Gasteiger charge is 2.43. The molecule has 2 aliphatic rings. The van der Waals surface area contributed by atoms with Crippen LogP contribution in [0.4, 0.5) is 5.82 Å². The van der Waals surface area contributed by atoms with Crippen molar-refractivity contribution in [2.45, 2.75) is 19.3 Å². The van der Waals surface area contributed by atoms with Crippen molar-refractivity contribution in [1.82, 2.24) is 19.9 Å². The van der Waals surface area contributed by atoms with Crippen molar-refractivity contribution >= 4 is 11.7 Å². The van der Waals surface area contributed by atoms with Gasteiger partial charge in [0.2, 0.25) is 5.88 Å². The number of hydrogen-bond acceptors (Lipinski definition) is 6. The number of carbonyl (C=O) groups is 1. The summed E-state index contributed by atoms with van der Waals surface area (Å²) in [4.78, 5) is 29.7. The highest BCUT2D eigenvalue weighted by atomic mass is 16.5. The first kappa shape index (κ1) is 16.8. The van der Waals surface area contributed by atoms with Gasteiger partial charge in [0.05, 0.1) is 7.11 Å². The number of aromatic nitrogens is 3. The van der Waals surface area contributed by atoms with Gasteiger partial charge in [0, 0.05) is 43.9 Å². The zero-order valence-corrected chi connectivity index (χ0v) is 15.0. The molecule has 26 heavy (non-hydrogen) atoms. The van der Waals surface area contributed by atoms with Crippen LogP contribution in [0.2, 0.25) is 0 Å². The monoisotopic (exact) mass is 353 g/mol. The Kier molecular flexibility index (Phi) is 4.44. The summed E-state index contributed by atoms with van der Waals surface area (Å²) >= 11 is 0. The first-order valence-electron chi connectivity index (χ1n) is 9.00. The van der Waals surface area contributed by atoms with Crippen LogP contribution in [0.5, 0.6) is 5.88 Å². The van der Waals surface area contributed by atoms with Crippen molar-refractivity contribution in [1.29, 1.82) is 0 Å². The van der Waals surface area contributed by atoms with Crippen molar-refractivity contribution in [2.24, 2.45) is 5.41 Å². The van der Waals surface area contributed by atoms with Gasteiger partial charge in [-0.25, -0.2) is 9.97 Å². The highest BCUT2D eigenvalue weighted by Crippen LogP contribution is 2.40. The molecule has 2 aliphatic heterocycles. The largest absolute Gasteiger partial charge is 0.481 e. The van der Waals surface area contributed by atoms with E-state index in [1.807, 2.05) is 23.1 Å². The predicted molar refractivity (Wildman–Crippen MR) is 97.2 cm³/mol. The Hall–Kier alpha value is -2.70. The van der Waals surface area contributed by atoms with Crippen LogP contribution in [0.3, 0.4) is 0 Å². The van der Waals surface area contributed by atoms with Crippen molar-refractivity contribution in [3.63, 3.8) is 0 Å². The molecule has 0 N–H and O–H groups in total. The molecule has 7 heteroatoms. The van der Waals surface area contributed by atoms with Gasteiger partial charge >= 0.3 is 0 Å². The van der Waals surface area contributed by atoms with Crippen LogP contribution in [0, 0.1) is 5.41 Å². The van der Waals surface area contributed by atoms with E-state index in [-0.39, 0.29) is 11.3 Å². The Morgan fingerprint density at radius 1 is 1.15 bits per heavy atom. The van der Waals surface area contributed by atoms with Crippen LogP contribution in [0.15, 0.2) is 36.8 Å². The molecule has 0 unspecified atom stereocenters. The molecule has 1 spiro atoms. The quantitative estimate of drug-likeness (QED) is 0.841. The first-order valence-corrected chi connectivity index (χ1v) is 9.00. The summed E-state index contributed by atoms with van der Waals surface area (Å²) in [6, 6.07) is 7.35. The van der Waals surface area contributed by atoms with E-state index in [9.17, 15) is 4.79 Å². The number of amides is 1. The van der Waals surface area contributed by atoms with E-state index in [0.717, 1.165) is 51.3 Å². The molecular weight excluding hydrogens is 330 g/mol. The average Bonchev–Trinajstić information content (AvgIpc) is 3.11. The molecule has 7 nitrogen and oxygen atoms in total. The minimum Gasteiger partial charge on any atom is -0.481 e. The molecule has 0 aliphatic carbocycles.